The Labute approximate surface area is 106 Å². The average Bonchev–Trinajstić information content (AvgIpc) is 2.79. The zero-order chi connectivity index (χ0) is 13.0. The van der Waals surface area contributed by atoms with Crippen LogP contribution in [-0.4, -0.2) is 24.6 Å². The van der Waals surface area contributed by atoms with Gasteiger partial charge in [0.2, 0.25) is 5.91 Å². The number of rotatable bonds is 4. The van der Waals surface area contributed by atoms with Gasteiger partial charge in [-0.3, -0.25) is 4.79 Å². The van der Waals surface area contributed by atoms with Gasteiger partial charge in [-0.15, -0.1) is 0 Å². The van der Waals surface area contributed by atoms with Crippen molar-refractivity contribution in [3.05, 3.63) is 35.9 Å². The molecule has 5 heteroatoms. The molecule has 0 aliphatic carbocycles. The van der Waals surface area contributed by atoms with E-state index in [2.05, 4.69) is 10.6 Å². The van der Waals surface area contributed by atoms with Crippen molar-refractivity contribution in [1.82, 2.24) is 10.6 Å². The highest BCUT2D eigenvalue weighted by Crippen LogP contribution is 2.26. The van der Waals surface area contributed by atoms with Crippen molar-refractivity contribution in [2.45, 2.75) is 25.5 Å². The van der Waals surface area contributed by atoms with E-state index in [4.69, 9.17) is 4.74 Å². The van der Waals surface area contributed by atoms with Crippen molar-refractivity contribution >= 4 is 12.0 Å². The van der Waals surface area contributed by atoms with Crippen LogP contribution in [0.4, 0.5) is 4.79 Å². The van der Waals surface area contributed by atoms with Crippen molar-refractivity contribution < 1.29 is 14.3 Å². The zero-order valence-corrected chi connectivity index (χ0v) is 10.2. The van der Waals surface area contributed by atoms with Crippen LogP contribution in [0.15, 0.2) is 30.3 Å². The number of cyclic esters (lactones) is 1. The van der Waals surface area contributed by atoms with Crippen LogP contribution in [0.2, 0.25) is 0 Å². The van der Waals surface area contributed by atoms with E-state index in [1.165, 1.54) is 0 Å². The van der Waals surface area contributed by atoms with Crippen LogP contribution in [0.25, 0.3) is 0 Å². The molecule has 2 atom stereocenters. The van der Waals surface area contributed by atoms with Crippen molar-refractivity contribution in [3.63, 3.8) is 0 Å². The summed E-state index contributed by atoms with van der Waals surface area (Å²) >= 11 is 0. The molecule has 2 N–H and O–H groups in total. The minimum absolute atomic E-state index is 0.212. The number of carbonyl (C=O) groups excluding carboxylic acids is 2. The number of amides is 2. The highest BCUT2D eigenvalue weighted by atomic mass is 16.6. The molecular formula is C13H16N2O3. The highest BCUT2D eigenvalue weighted by Gasteiger charge is 2.39. The fourth-order valence-electron chi connectivity index (χ4n) is 1.88. The summed E-state index contributed by atoms with van der Waals surface area (Å²) < 4.78 is 5.15. The summed E-state index contributed by atoms with van der Waals surface area (Å²) in [7, 11) is 0. The third kappa shape index (κ3) is 2.61. The number of carbonyl (C=O) groups is 2. The Morgan fingerprint density at radius 1 is 1.39 bits per heavy atom. The third-order valence-corrected chi connectivity index (χ3v) is 2.77. The molecule has 1 saturated heterocycles. The van der Waals surface area contributed by atoms with E-state index >= 15 is 0 Å². The second-order valence-electron chi connectivity index (χ2n) is 4.15. The van der Waals surface area contributed by atoms with Gasteiger partial charge in [-0.05, 0) is 12.0 Å². The Morgan fingerprint density at radius 2 is 2.11 bits per heavy atom. The van der Waals surface area contributed by atoms with Crippen LogP contribution in [0.3, 0.4) is 0 Å². The summed E-state index contributed by atoms with van der Waals surface area (Å²) in [5.41, 5.74) is 0.812. The molecule has 0 saturated carbocycles. The lowest BCUT2D eigenvalue weighted by Gasteiger charge is -2.16. The predicted octanol–water partition coefficient (Wildman–Crippen LogP) is 1.36. The Morgan fingerprint density at radius 3 is 2.78 bits per heavy atom. The maximum atomic E-state index is 11.9. The second-order valence-corrected chi connectivity index (χ2v) is 4.15. The van der Waals surface area contributed by atoms with E-state index in [0.29, 0.717) is 6.54 Å². The Hall–Kier alpha value is -2.04. The smallest absolute Gasteiger partial charge is 0.408 e. The molecule has 1 heterocycles. The largest absolute Gasteiger partial charge is 0.439 e. The van der Waals surface area contributed by atoms with Crippen molar-refractivity contribution in [2.24, 2.45) is 0 Å². The van der Waals surface area contributed by atoms with Gasteiger partial charge in [-0.1, -0.05) is 37.3 Å². The van der Waals surface area contributed by atoms with Gasteiger partial charge in [0.1, 0.15) is 0 Å². The van der Waals surface area contributed by atoms with E-state index in [0.717, 1.165) is 12.0 Å². The standard InChI is InChI=1S/C13H16N2O3/c1-2-8-14-12(16)10-11(18-13(17)15-10)9-6-4-3-5-7-9/h3-7,10-11H,2,8H2,1H3,(H,14,16)(H,15,17). The molecular weight excluding hydrogens is 232 g/mol. The lowest BCUT2D eigenvalue weighted by molar-refractivity contribution is -0.124. The van der Waals surface area contributed by atoms with Crippen LogP contribution < -0.4 is 10.6 Å². The summed E-state index contributed by atoms with van der Waals surface area (Å²) in [6.45, 7) is 2.56. The Bertz CT molecular complexity index is 433. The number of alkyl carbamates (subject to hydrolysis) is 1. The fourth-order valence-corrected chi connectivity index (χ4v) is 1.88. The summed E-state index contributed by atoms with van der Waals surface area (Å²) in [5, 5.41) is 5.30. The molecule has 1 aliphatic heterocycles. The minimum Gasteiger partial charge on any atom is -0.439 e. The molecule has 2 rings (SSSR count). The molecule has 18 heavy (non-hydrogen) atoms. The van der Waals surface area contributed by atoms with Crippen LogP contribution in [0.1, 0.15) is 25.0 Å². The number of hydrogen-bond acceptors (Lipinski definition) is 3. The number of ether oxygens (including phenoxy) is 1. The van der Waals surface area contributed by atoms with Gasteiger partial charge >= 0.3 is 6.09 Å². The molecule has 96 valence electrons. The van der Waals surface area contributed by atoms with Gasteiger partial charge in [0.05, 0.1) is 0 Å². The molecule has 1 aromatic carbocycles. The lowest BCUT2D eigenvalue weighted by Crippen LogP contribution is -2.44. The van der Waals surface area contributed by atoms with Crippen molar-refractivity contribution in [3.8, 4) is 0 Å². The van der Waals surface area contributed by atoms with Gasteiger partial charge in [0, 0.05) is 6.54 Å². The fraction of sp³-hybridized carbons (Fsp3) is 0.385. The average molecular weight is 248 g/mol. The first-order valence-electron chi connectivity index (χ1n) is 6.02. The quantitative estimate of drug-likeness (QED) is 0.845. The predicted molar refractivity (Wildman–Crippen MR) is 65.9 cm³/mol. The van der Waals surface area contributed by atoms with E-state index in [1.807, 2.05) is 37.3 Å². The first kappa shape index (κ1) is 12.4. The first-order valence-corrected chi connectivity index (χ1v) is 6.02. The van der Waals surface area contributed by atoms with E-state index < -0.39 is 18.2 Å². The molecule has 5 nitrogen and oxygen atoms in total. The molecule has 2 unspecified atom stereocenters. The number of benzene rings is 1. The van der Waals surface area contributed by atoms with E-state index in [1.54, 1.807) is 0 Å². The number of hydrogen-bond donors (Lipinski definition) is 2. The maximum absolute atomic E-state index is 11.9. The number of nitrogens with one attached hydrogen (secondary N) is 2. The summed E-state index contributed by atoms with van der Waals surface area (Å²) in [5.74, 6) is -0.212. The van der Waals surface area contributed by atoms with Crippen LogP contribution in [-0.2, 0) is 9.53 Å². The van der Waals surface area contributed by atoms with E-state index in [9.17, 15) is 9.59 Å². The molecule has 1 aromatic rings. The van der Waals surface area contributed by atoms with Gasteiger partial charge < -0.3 is 15.4 Å². The van der Waals surface area contributed by atoms with Crippen LogP contribution in [0.5, 0.6) is 0 Å². The summed E-state index contributed by atoms with van der Waals surface area (Å²) in [4.78, 5) is 23.2. The van der Waals surface area contributed by atoms with Gasteiger partial charge in [-0.25, -0.2) is 4.79 Å². The molecule has 0 spiro atoms. The highest BCUT2D eigenvalue weighted by molar-refractivity contribution is 5.88. The maximum Gasteiger partial charge on any atom is 0.408 e. The molecule has 2 amide bonds. The monoisotopic (exact) mass is 248 g/mol. The van der Waals surface area contributed by atoms with Crippen LogP contribution in [0, 0.1) is 0 Å². The van der Waals surface area contributed by atoms with Crippen LogP contribution >= 0.6 is 0 Å². The van der Waals surface area contributed by atoms with Crippen molar-refractivity contribution in [2.75, 3.05) is 6.54 Å². The second kappa shape index (κ2) is 5.53. The normalized spacial score (nSPS) is 22.2. The Kier molecular flexibility index (Phi) is 3.82. The molecule has 0 radical (unpaired) electrons. The topological polar surface area (TPSA) is 67.4 Å². The van der Waals surface area contributed by atoms with Crippen molar-refractivity contribution in [1.29, 1.82) is 0 Å². The van der Waals surface area contributed by atoms with Gasteiger partial charge in [-0.2, -0.15) is 0 Å². The van der Waals surface area contributed by atoms with Gasteiger partial charge in [0.25, 0.3) is 0 Å². The zero-order valence-electron chi connectivity index (χ0n) is 10.2. The Balaban J connectivity index is 2.13. The summed E-state index contributed by atoms with van der Waals surface area (Å²) in [6, 6.07) is 8.59. The molecule has 1 fully saturated rings. The van der Waals surface area contributed by atoms with E-state index in [-0.39, 0.29) is 5.91 Å². The molecule has 0 bridgehead atoms. The first-order chi connectivity index (χ1) is 8.72. The lowest BCUT2D eigenvalue weighted by atomic mass is 10.0. The van der Waals surface area contributed by atoms with Gasteiger partial charge in [0.15, 0.2) is 12.1 Å². The summed E-state index contributed by atoms with van der Waals surface area (Å²) in [6.07, 6.45) is -0.264. The molecule has 1 aliphatic rings. The molecule has 0 aromatic heterocycles. The minimum atomic E-state index is -0.661. The third-order valence-electron chi connectivity index (χ3n) is 2.77. The SMILES string of the molecule is CCCNC(=O)C1NC(=O)OC1c1ccccc1.